The summed E-state index contributed by atoms with van der Waals surface area (Å²) in [6.07, 6.45) is 15.6. The first-order valence-corrected chi connectivity index (χ1v) is 17.0. The summed E-state index contributed by atoms with van der Waals surface area (Å²) >= 11 is -9.12. The van der Waals surface area contributed by atoms with Crippen LogP contribution in [0.4, 0.5) is 16.9 Å². The standard InChI is InChI=1S/C20H34S.6FH.Sb/c1-2-3-4-5-6-7-8-9-10-14-18-21-19-17-20-15-12-11-13-16-20;;;;;;;/h11-13,15-16H,2-10,14,17-19H2,1H3;6*1H;/q;;;;;;;+5/p-5. The van der Waals surface area contributed by atoms with Crippen LogP contribution in [-0.4, -0.2) is 31.0 Å². The smallest absolute Gasteiger partial charge is 1.00 e. The largest absolute Gasteiger partial charge is 1.00 e. The molecule has 0 nitrogen and oxygen atoms in total. The number of halogens is 6. The van der Waals surface area contributed by atoms with Gasteiger partial charge in [0.15, 0.2) is 0 Å². The van der Waals surface area contributed by atoms with Gasteiger partial charge in [-0.15, -0.1) is 0 Å². The van der Waals surface area contributed by atoms with Crippen molar-refractivity contribution in [2.24, 2.45) is 0 Å². The Hall–Kier alpha value is -0.0318. The molecular formula is C20H35F6SSb. The minimum Gasteiger partial charge on any atom is 1.00 e. The zero-order chi connectivity index (χ0) is 21.4. The molecule has 0 amide bonds. The molecule has 0 saturated heterocycles. The summed E-state index contributed by atoms with van der Waals surface area (Å²) in [5, 5.41) is 0. The Kier molecular flexibility index (Phi) is 13.3. The molecule has 0 aromatic heterocycles. The molecule has 168 valence electrons. The Morgan fingerprint density at radius 2 is 1.11 bits per heavy atom. The van der Waals surface area contributed by atoms with Crippen LogP contribution in [0.2, 0.25) is 0 Å². The van der Waals surface area contributed by atoms with Crippen molar-refractivity contribution in [1.82, 2.24) is 0 Å². The number of hydrogen-bond acceptors (Lipinski definition) is 1. The molecule has 0 spiro atoms. The minimum atomic E-state index is -11.2. The molecule has 0 aliphatic rings. The second-order valence-corrected chi connectivity index (χ2v) is 13.7. The van der Waals surface area contributed by atoms with Crippen LogP contribution in [-0.2, 0) is 6.42 Å². The van der Waals surface area contributed by atoms with E-state index in [4.69, 9.17) is 0 Å². The molecule has 1 rings (SSSR count). The van der Waals surface area contributed by atoms with E-state index in [0.717, 1.165) is 0 Å². The molecule has 0 aliphatic heterocycles. The van der Waals surface area contributed by atoms with Gasteiger partial charge in [0, 0.05) is 0 Å². The van der Waals surface area contributed by atoms with E-state index in [2.05, 4.69) is 49.0 Å². The predicted molar refractivity (Wildman–Crippen MR) is 113 cm³/mol. The van der Waals surface area contributed by atoms with Crippen LogP contribution in [0, 0.1) is 0 Å². The van der Waals surface area contributed by atoms with Gasteiger partial charge in [-0.1, -0.05) is 95.0 Å². The van der Waals surface area contributed by atoms with E-state index >= 15 is 0 Å². The minimum absolute atomic E-state index is 0. The third-order valence-electron chi connectivity index (χ3n) is 4.02. The average molecular weight is 543 g/mol. The van der Waals surface area contributed by atoms with Crippen LogP contribution in [0.25, 0.3) is 0 Å². The monoisotopic (exact) mass is 542 g/mol. The third kappa shape index (κ3) is 30.7. The fourth-order valence-electron chi connectivity index (χ4n) is 2.63. The first kappa shape index (κ1) is 28.0. The van der Waals surface area contributed by atoms with Crippen molar-refractivity contribution in [3.63, 3.8) is 0 Å². The van der Waals surface area contributed by atoms with E-state index in [1.807, 2.05) is 0 Å². The molecule has 0 unspecified atom stereocenters. The maximum atomic E-state index is 9.93. The Morgan fingerprint density at radius 1 is 0.679 bits per heavy atom. The maximum Gasteiger partial charge on any atom is 1.00 e. The van der Waals surface area contributed by atoms with Gasteiger partial charge in [-0.25, -0.2) is 0 Å². The van der Waals surface area contributed by atoms with Gasteiger partial charge in [0.05, 0.1) is 0 Å². The summed E-state index contributed by atoms with van der Waals surface area (Å²) < 4.78 is 59.6. The van der Waals surface area contributed by atoms with Gasteiger partial charge in [0.25, 0.3) is 0 Å². The second-order valence-electron chi connectivity index (χ2n) is 6.99. The van der Waals surface area contributed by atoms with Crippen molar-refractivity contribution in [2.75, 3.05) is 11.5 Å². The van der Waals surface area contributed by atoms with Crippen LogP contribution < -0.4 is 0 Å². The first-order valence-electron chi connectivity index (χ1n) is 10.1. The van der Waals surface area contributed by atoms with E-state index in [9.17, 15) is 16.9 Å². The van der Waals surface area contributed by atoms with E-state index in [0.29, 0.717) is 0 Å². The van der Waals surface area contributed by atoms with Gasteiger partial charge >= 0.3 is 37.8 Å². The van der Waals surface area contributed by atoms with Crippen molar-refractivity contribution in [2.45, 2.75) is 77.6 Å². The van der Waals surface area contributed by atoms with Gasteiger partial charge in [0.2, 0.25) is 0 Å². The van der Waals surface area contributed by atoms with E-state index < -0.39 is 19.5 Å². The van der Waals surface area contributed by atoms with E-state index in [1.54, 1.807) is 0 Å². The van der Waals surface area contributed by atoms with Crippen LogP contribution in [0.15, 0.2) is 30.3 Å². The molecule has 0 bridgehead atoms. The summed E-state index contributed by atoms with van der Waals surface area (Å²) in [7, 11) is 0. The molecule has 8 heteroatoms. The molecule has 1 aromatic rings. The van der Waals surface area contributed by atoms with Gasteiger partial charge in [-0.2, -0.15) is 11.8 Å². The number of hydrogen-bond donors (Lipinski definition) is 0. The topological polar surface area (TPSA) is 0 Å². The fraction of sp³-hybridized carbons (Fsp3) is 0.700. The fourth-order valence-corrected chi connectivity index (χ4v) is 3.62. The maximum absolute atomic E-state index is 11.2. The number of aryl methyl sites for hydroxylation is 1. The summed E-state index contributed by atoms with van der Waals surface area (Å²) in [6.45, 7) is 2.29. The second kappa shape index (κ2) is 13.3. The summed E-state index contributed by atoms with van der Waals surface area (Å²) in [5.74, 6) is 2.63. The van der Waals surface area contributed by atoms with Gasteiger partial charge in [0.1, 0.15) is 0 Å². The van der Waals surface area contributed by atoms with Crippen LogP contribution >= 0.6 is 11.8 Å². The van der Waals surface area contributed by atoms with Crippen molar-refractivity contribution in [1.29, 1.82) is 0 Å². The molecule has 0 heterocycles. The molecule has 28 heavy (non-hydrogen) atoms. The van der Waals surface area contributed by atoms with Gasteiger partial charge in [-0.3, -0.25) is 0 Å². The molecular weight excluding hydrogens is 508 g/mol. The third-order valence-corrected chi connectivity index (χ3v) is 5.09. The molecule has 0 saturated carbocycles. The molecule has 0 radical (unpaired) electrons. The van der Waals surface area contributed by atoms with Gasteiger partial charge in [-0.05, 0) is 29.9 Å². The number of unbranched alkanes of at least 4 members (excludes halogenated alkanes) is 9. The zero-order valence-corrected chi connectivity index (χ0v) is 20.1. The SMILES string of the molecule is CCCCCCCCCCCCSCCc1ccccc1.[F][Sb-]([F])([F])([F])([F])[F].[H+]. The molecule has 0 atom stereocenters. The van der Waals surface area contributed by atoms with Crippen molar-refractivity contribution < 1.29 is 18.3 Å². The summed E-state index contributed by atoms with van der Waals surface area (Å²) in [5.41, 5.74) is 1.48. The molecule has 0 fully saturated rings. The number of thioether (sulfide) groups is 1. The van der Waals surface area contributed by atoms with Crippen LogP contribution in [0.3, 0.4) is 0 Å². The van der Waals surface area contributed by atoms with Gasteiger partial charge < -0.3 is 0 Å². The molecule has 0 aliphatic carbocycles. The van der Waals surface area contributed by atoms with Crippen molar-refractivity contribution >= 4 is 31.2 Å². The Balaban J connectivity index is 0. The van der Waals surface area contributed by atoms with Crippen molar-refractivity contribution in [3.8, 4) is 0 Å². The first-order chi connectivity index (χ1) is 12.9. The predicted octanol–water partition coefficient (Wildman–Crippen LogP) is 9.14. The Labute approximate surface area is 174 Å². The van der Waals surface area contributed by atoms with E-state index in [1.165, 1.54) is 87.7 Å². The molecule has 1 aromatic carbocycles. The van der Waals surface area contributed by atoms with Crippen molar-refractivity contribution in [3.05, 3.63) is 35.9 Å². The normalized spacial score (nSPS) is 14.0. The Bertz CT molecular complexity index is 484. The van der Waals surface area contributed by atoms with E-state index in [-0.39, 0.29) is 1.43 Å². The average Bonchev–Trinajstić information content (AvgIpc) is 2.57. The quantitative estimate of drug-likeness (QED) is 0.128. The van der Waals surface area contributed by atoms with Crippen LogP contribution in [0.5, 0.6) is 0 Å². The zero-order valence-electron chi connectivity index (χ0n) is 17.7. The van der Waals surface area contributed by atoms with Crippen LogP contribution in [0.1, 0.15) is 78.1 Å². The number of rotatable bonds is 14. The summed E-state index contributed by atoms with van der Waals surface area (Å²) in [6, 6.07) is 10.9. The summed E-state index contributed by atoms with van der Waals surface area (Å²) in [4.78, 5) is 0. The number of benzene rings is 1. The Morgan fingerprint density at radius 3 is 1.57 bits per heavy atom. The molecule has 0 N–H and O–H groups in total.